The lowest BCUT2D eigenvalue weighted by Crippen LogP contribution is -2.41. The Morgan fingerprint density at radius 2 is 1.81 bits per heavy atom. The second kappa shape index (κ2) is 8.35. The van der Waals surface area contributed by atoms with Gasteiger partial charge in [-0.2, -0.15) is 0 Å². The molecular weight excluding hydrogens is 313 g/mol. The number of amides is 1. The SMILES string of the molecule is COc1ccc(CCN(C(=O)C(Cl)Cl)C(C)C)cc1OC. The van der Waals surface area contributed by atoms with Crippen molar-refractivity contribution in [1.29, 1.82) is 0 Å². The standard InChI is InChI=1S/C15H21Cl2NO3/c1-10(2)18(15(19)14(16)17)8-7-11-5-6-12(20-3)13(9-11)21-4/h5-6,9-10,14H,7-8H2,1-4H3. The van der Waals surface area contributed by atoms with Crippen LogP contribution in [0.3, 0.4) is 0 Å². The minimum atomic E-state index is -1.03. The third kappa shape index (κ3) is 4.97. The zero-order valence-electron chi connectivity index (χ0n) is 12.7. The Balaban J connectivity index is 2.79. The van der Waals surface area contributed by atoms with Crippen LogP contribution in [0.2, 0.25) is 0 Å². The van der Waals surface area contributed by atoms with Crippen LogP contribution >= 0.6 is 23.2 Å². The fourth-order valence-corrected chi connectivity index (χ4v) is 2.28. The van der Waals surface area contributed by atoms with Crippen molar-refractivity contribution in [2.45, 2.75) is 31.1 Å². The van der Waals surface area contributed by atoms with Crippen LogP contribution in [0.25, 0.3) is 0 Å². The third-order valence-corrected chi connectivity index (χ3v) is 3.56. The van der Waals surface area contributed by atoms with E-state index in [1.165, 1.54) is 0 Å². The lowest BCUT2D eigenvalue weighted by Gasteiger charge is -2.27. The molecule has 0 atom stereocenters. The average Bonchev–Trinajstić information content (AvgIpc) is 2.46. The van der Waals surface area contributed by atoms with Crippen LogP contribution in [0.4, 0.5) is 0 Å². The Labute approximate surface area is 135 Å². The predicted octanol–water partition coefficient (Wildman–Crippen LogP) is 3.29. The van der Waals surface area contributed by atoms with Crippen molar-refractivity contribution in [3.63, 3.8) is 0 Å². The van der Waals surface area contributed by atoms with E-state index in [2.05, 4.69) is 0 Å². The predicted molar refractivity (Wildman–Crippen MR) is 85.6 cm³/mol. The Morgan fingerprint density at radius 1 is 1.19 bits per heavy atom. The van der Waals surface area contributed by atoms with Gasteiger partial charge in [0.25, 0.3) is 5.91 Å². The van der Waals surface area contributed by atoms with E-state index in [-0.39, 0.29) is 11.9 Å². The van der Waals surface area contributed by atoms with E-state index >= 15 is 0 Å². The molecule has 1 aromatic carbocycles. The molecule has 1 amide bonds. The second-order valence-corrected chi connectivity index (χ2v) is 5.96. The molecule has 0 fully saturated rings. The van der Waals surface area contributed by atoms with Crippen molar-refractivity contribution in [1.82, 2.24) is 4.90 Å². The number of halogens is 2. The molecule has 0 aromatic heterocycles. The first-order valence-corrected chi connectivity index (χ1v) is 7.57. The molecular formula is C15H21Cl2NO3. The minimum Gasteiger partial charge on any atom is -0.493 e. The number of carbonyl (C=O) groups excluding carboxylic acids is 1. The fraction of sp³-hybridized carbons (Fsp3) is 0.533. The van der Waals surface area contributed by atoms with E-state index in [9.17, 15) is 4.79 Å². The van der Waals surface area contributed by atoms with Crippen molar-refractivity contribution >= 4 is 29.1 Å². The number of rotatable bonds is 7. The first kappa shape index (κ1) is 17.9. The molecule has 0 unspecified atom stereocenters. The number of methoxy groups -OCH3 is 2. The summed E-state index contributed by atoms with van der Waals surface area (Å²) in [5.41, 5.74) is 1.05. The van der Waals surface area contributed by atoms with Gasteiger partial charge in [-0.05, 0) is 38.0 Å². The summed E-state index contributed by atoms with van der Waals surface area (Å²) in [6, 6.07) is 5.74. The lowest BCUT2D eigenvalue weighted by atomic mass is 10.1. The van der Waals surface area contributed by atoms with Crippen LogP contribution in [-0.4, -0.2) is 42.4 Å². The van der Waals surface area contributed by atoms with E-state index in [1.807, 2.05) is 32.0 Å². The van der Waals surface area contributed by atoms with E-state index in [0.717, 1.165) is 5.56 Å². The maximum atomic E-state index is 11.9. The van der Waals surface area contributed by atoms with Gasteiger partial charge in [-0.1, -0.05) is 29.3 Å². The van der Waals surface area contributed by atoms with Crippen LogP contribution in [0.15, 0.2) is 18.2 Å². The van der Waals surface area contributed by atoms with Gasteiger partial charge in [0.2, 0.25) is 0 Å². The van der Waals surface area contributed by atoms with Gasteiger partial charge in [0.15, 0.2) is 16.3 Å². The quantitative estimate of drug-likeness (QED) is 0.718. The second-order valence-electron chi connectivity index (χ2n) is 4.87. The summed E-state index contributed by atoms with van der Waals surface area (Å²) in [5.74, 6) is 1.08. The van der Waals surface area contributed by atoms with Gasteiger partial charge in [-0.25, -0.2) is 0 Å². The number of nitrogens with zero attached hydrogens (tertiary/aromatic N) is 1. The Morgan fingerprint density at radius 3 is 2.29 bits per heavy atom. The molecule has 4 nitrogen and oxygen atoms in total. The normalized spacial score (nSPS) is 10.9. The van der Waals surface area contributed by atoms with Gasteiger partial charge >= 0.3 is 0 Å². The van der Waals surface area contributed by atoms with E-state index in [1.54, 1.807) is 19.1 Å². The number of benzene rings is 1. The van der Waals surface area contributed by atoms with Crippen LogP contribution in [0.5, 0.6) is 11.5 Å². The van der Waals surface area contributed by atoms with Crippen molar-refractivity contribution in [2.75, 3.05) is 20.8 Å². The molecule has 1 rings (SSSR count). The molecule has 0 aliphatic rings. The number of carbonyl (C=O) groups is 1. The third-order valence-electron chi connectivity index (χ3n) is 3.18. The first-order valence-electron chi connectivity index (χ1n) is 6.70. The highest BCUT2D eigenvalue weighted by Crippen LogP contribution is 2.27. The van der Waals surface area contributed by atoms with Crippen LogP contribution in [-0.2, 0) is 11.2 Å². The average molecular weight is 334 g/mol. The summed E-state index contributed by atoms with van der Waals surface area (Å²) < 4.78 is 10.5. The highest BCUT2D eigenvalue weighted by Gasteiger charge is 2.22. The minimum absolute atomic E-state index is 0.0395. The molecule has 0 spiro atoms. The molecule has 6 heteroatoms. The van der Waals surface area contributed by atoms with Gasteiger partial charge in [0, 0.05) is 12.6 Å². The van der Waals surface area contributed by atoms with Gasteiger partial charge in [-0.15, -0.1) is 0 Å². The molecule has 0 saturated carbocycles. The fourth-order valence-electron chi connectivity index (χ4n) is 2.03. The molecule has 0 aliphatic carbocycles. The van der Waals surface area contributed by atoms with Gasteiger partial charge in [0.05, 0.1) is 14.2 Å². The van der Waals surface area contributed by atoms with Gasteiger partial charge < -0.3 is 14.4 Å². The van der Waals surface area contributed by atoms with Crippen molar-refractivity contribution in [3.8, 4) is 11.5 Å². The highest BCUT2D eigenvalue weighted by atomic mass is 35.5. The van der Waals surface area contributed by atoms with Crippen molar-refractivity contribution < 1.29 is 14.3 Å². The Bertz CT molecular complexity index is 478. The first-order chi connectivity index (χ1) is 9.90. The summed E-state index contributed by atoms with van der Waals surface area (Å²) in [5, 5.41) is 0. The van der Waals surface area contributed by atoms with Crippen LogP contribution < -0.4 is 9.47 Å². The van der Waals surface area contributed by atoms with Gasteiger partial charge in [-0.3, -0.25) is 4.79 Å². The maximum absolute atomic E-state index is 11.9. The van der Waals surface area contributed by atoms with Gasteiger partial charge in [0.1, 0.15) is 0 Å². The molecule has 0 saturated heterocycles. The van der Waals surface area contributed by atoms with Crippen molar-refractivity contribution in [2.24, 2.45) is 0 Å². The molecule has 0 heterocycles. The van der Waals surface area contributed by atoms with E-state index in [4.69, 9.17) is 32.7 Å². The molecule has 0 aliphatic heterocycles. The largest absolute Gasteiger partial charge is 0.493 e. The highest BCUT2D eigenvalue weighted by molar-refractivity contribution is 6.53. The number of alkyl halides is 2. The van der Waals surface area contributed by atoms with Crippen LogP contribution in [0.1, 0.15) is 19.4 Å². The number of hydrogen-bond acceptors (Lipinski definition) is 3. The van der Waals surface area contributed by atoms with Crippen molar-refractivity contribution in [3.05, 3.63) is 23.8 Å². The number of ether oxygens (including phenoxy) is 2. The lowest BCUT2D eigenvalue weighted by molar-refractivity contribution is -0.130. The van der Waals surface area contributed by atoms with E-state index in [0.29, 0.717) is 24.5 Å². The number of hydrogen-bond donors (Lipinski definition) is 0. The smallest absolute Gasteiger partial charge is 0.256 e. The summed E-state index contributed by atoms with van der Waals surface area (Å²) in [4.78, 5) is 12.6. The van der Waals surface area contributed by atoms with Crippen LogP contribution in [0, 0.1) is 0 Å². The van der Waals surface area contributed by atoms with E-state index < -0.39 is 4.84 Å². The monoisotopic (exact) mass is 333 g/mol. The summed E-state index contributed by atoms with van der Waals surface area (Å²) >= 11 is 11.3. The zero-order valence-corrected chi connectivity index (χ0v) is 14.2. The summed E-state index contributed by atoms with van der Waals surface area (Å²) in [6.45, 7) is 4.41. The topological polar surface area (TPSA) is 38.8 Å². The Hall–Kier alpha value is -1.13. The molecule has 0 N–H and O–H groups in total. The molecule has 118 valence electrons. The maximum Gasteiger partial charge on any atom is 0.256 e. The summed E-state index contributed by atoms with van der Waals surface area (Å²) in [7, 11) is 3.19. The molecule has 0 radical (unpaired) electrons. The zero-order chi connectivity index (χ0) is 16.0. The molecule has 21 heavy (non-hydrogen) atoms. The summed E-state index contributed by atoms with van der Waals surface area (Å²) in [6.07, 6.45) is 0.685. The Kier molecular flexibility index (Phi) is 7.12. The molecule has 0 bridgehead atoms. The molecule has 1 aromatic rings.